The Morgan fingerprint density at radius 2 is 2.06 bits per heavy atom. The maximum Gasteiger partial charge on any atom is 0.288 e. The van der Waals surface area contributed by atoms with Gasteiger partial charge in [0.05, 0.1) is 11.9 Å². The van der Waals surface area contributed by atoms with Gasteiger partial charge in [-0.05, 0) is 48.3 Å². The van der Waals surface area contributed by atoms with Crippen LogP contribution in [-0.2, 0) is 21.2 Å². The number of nitrogens with one attached hydrogen (secondary N) is 2. The van der Waals surface area contributed by atoms with Crippen molar-refractivity contribution in [1.82, 2.24) is 15.1 Å². The standard InChI is InChI=1S/C23H34ClN5O4S/c1-13-16-7-15(23(16,2)3)8-17(13)28-18-10-27-29(22(31)21(18)24)12-20(30)26-9-14-5-6-25-11-19(14)34(4,32)33/h10-11,13-17,19,28H,5-9,12H2,1-4H3,(H,26,30)/t13-,14?,15+,16-,17-,19?/m1/s1. The van der Waals surface area contributed by atoms with E-state index in [1.54, 1.807) is 0 Å². The lowest BCUT2D eigenvalue weighted by atomic mass is 9.45. The quantitative estimate of drug-likeness (QED) is 0.577. The molecule has 3 saturated carbocycles. The molecule has 2 bridgehead atoms. The lowest BCUT2D eigenvalue weighted by Gasteiger charge is -2.62. The average Bonchev–Trinajstić information content (AvgIpc) is 2.77. The Bertz CT molecular complexity index is 1150. The molecule has 11 heteroatoms. The first-order valence-corrected chi connectivity index (χ1v) is 14.2. The SMILES string of the molecule is C[C@@H]1[C@H]2C[C@@H](C[C@H]1Nc1cnn(CC(=O)NCC3CCN=CC3S(C)(=O)=O)c(=O)c1Cl)C2(C)C. The molecular formula is C23H34ClN5O4S. The van der Waals surface area contributed by atoms with E-state index in [9.17, 15) is 18.0 Å². The highest BCUT2D eigenvalue weighted by molar-refractivity contribution is 7.92. The highest BCUT2D eigenvalue weighted by Crippen LogP contribution is 2.61. The van der Waals surface area contributed by atoms with Gasteiger partial charge in [0.25, 0.3) is 5.56 Å². The summed E-state index contributed by atoms with van der Waals surface area (Å²) in [6.45, 7) is 7.34. The van der Waals surface area contributed by atoms with Crippen molar-refractivity contribution < 1.29 is 13.2 Å². The summed E-state index contributed by atoms with van der Waals surface area (Å²) in [4.78, 5) is 29.3. The summed E-state index contributed by atoms with van der Waals surface area (Å²) in [5, 5.41) is 9.62. The first-order valence-electron chi connectivity index (χ1n) is 11.9. The predicted octanol–water partition coefficient (Wildman–Crippen LogP) is 2.00. The zero-order valence-electron chi connectivity index (χ0n) is 20.1. The van der Waals surface area contributed by atoms with Crippen molar-refractivity contribution in [2.75, 3.05) is 24.7 Å². The van der Waals surface area contributed by atoms with Crippen molar-refractivity contribution in [3.8, 4) is 0 Å². The minimum atomic E-state index is -3.32. The Morgan fingerprint density at radius 1 is 1.32 bits per heavy atom. The third kappa shape index (κ3) is 4.76. The van der Waals surface area contributed by atoms with Gasteiger partial charge in [-0.1, -0.05) is 32.4 Å². The second-order valence-electron chi connectivity index (χ2n) is 10.7. The summed E-state index contributed by atoms with van der Waals surface area (Å²) in [5.74, 6) is 1.09. The molecule has 4 aliphatic rings. The van der Waals surface area contributed by atoms with Gasteiger partial charge in [0.2, 0.25) is 5.91 Å². The first kappa shape index (κ1) is 25.2. The summed E-state index contributed by atoms with van der Waals surface area (Å²) in [7, 11) is -3.32. The predicted molar refractivity (Wildman–Crippen MR) is 133 cm³/mol. The van der Waals surface area contributed by atoms with Gasteiger partial charge in [-0.2, -0.15) is 5.10 Å². The number of sulfone groups is 1. The summed E-state index contributed by atoms with van der Waals surface area (Å²) in [6, 6.07) is 0.233. The molecule has 3 aliphatic carbocycles. The Kier molecular flexibility index (Phi) is 6.85. The van der Waals surface area contributed by atoms with Gasteiger partial charge >= 0.3 is 0 Å². The highest BCUT2D eigenvalue weighted by Gasteiger charge is 2.56. The summed E-state index contributed by atoms with van der Waals surface area (Å²) < 4.78 is 25.0. The van der Waals surface area contributed by atoms with Gasteiger partial charge in [-0.15, -0.1) is 0 Å². The zero-order chi connectivity index (χ0) is 24.8. The molecular weight excluding hydrogens is 478 g/mol. The molecule has 2 N–H and O–H groups in total. The number of fused-ring (bicyclic) bond motifs is 2. The van der Waals surface area contributed by atoms with E-state index >= 15 is 0 Å². The number of rotatable bonds is 7. The van der Waals surface area contributed by atoms with Crippen molar-refractivity contribution >= 4 is 39.2 Å². The van der Waals surface area contributed by atoms with E-state index in [2.05, 4.69) is 41.5 Å². The summed E-state index contributed by atoms with van der Waals surface area (Å²) in [6.07, 6.45) is 6.98. The smallest absolute Gasteiger partial charge is 0.288 e. The number of amides is 1. The zero-order valence-corrected chi connectivity index (χ0v) is 21.7. The number of aliphatic imine (C=N–C) groups is 1. The monoisotopic (exact) mass is 511 g/mol. The molecule has 0 saturated heterocycles. The minimum Gasteiger partial charge on any atom is -0.379 e. The molecule has 0 aromatic carbocycles. The molecule has 1 aromatic rings. The minimum absolute atomic E-state index is 0.0224. The van der Waals surface area contributed by atoms with Gasteiger partial charge in [0.1, 0.15) is 16.8 Å². The van der Waals surface area contributed by atoms with Crippen LogP contribution in [0.5, 0.6) is 0 Å². The van der Waals surface area contributed by atoms with Gasteiger partial charge in [0, 0.05) is 31.6 Å². The van der Waals surface area contributed by atoms with Gasteiger partial charge in [-0.3, -0.25) is 14.6 Å². The number of hydrogen-bond donors (Lipinski definition) is 2. The molecule has 1 aliphatic heterocycles. The average molecular weight is 512 g/mol. The van der Waals surface area contributed by atoms with E-state index in [-0.39, 0.29) is 30.1 Å². The van der Waals surface area contributed by atoms with Crippen LogP contribution >= 0.6 is 11.6 Å². The Balaban J connectivity index is 1.36. The van der Waals surface area contributed by atoms with Gasteiger partial charge in [0.15, 0.2) is 9.84 Å². The molecule has 1 amide bonds. The molecule has 5 rings (SSSR count). The second kappa shape index (κ2) is 9.26. The molecule has 188 valence electrons. The Hall–Kier alpha value is -1.94. The lowest BCUT2D eigenvalue weighted by Crippen LogP contribution is -2.58. The van der Waals surface area contributed by atoms with Crippen LogP contribution in [0.2, 0.25) is 5.02 Å². The highest BCUT2D eigenvalue weighted by atomic mass is 35.5. The fourth-order valence-corrected chi connectivity index (χ4v) is 7.48. The maximum absolute atomic E-state index is 12.8. The fraction of sp³-hybridized carbons (Fsp3) is 0.739. The van der Waals surface area contributed by atoms with E-state index in [1.807, 2.05) is 0 Å². The van der Waals surface area contributed by atoms with E-state index < -0.39 is 26.6 Å². The number of nitrogens with zero attached hydrogens (tertiary/aromatic N) is 3. The fourth-order valence-electron chi connectivity index (χ4n) is 6.04. The van der Waals surface area contributed by atoms with E-state index in [1.165, 1.54) is 25.1 Å². The summed E-state index contributed by atoms with van der Waals surface area (Å²) in [5.41, 5.74) is 0.327. The molecule has 0 spiro atoms. The lowest BCUT2D eigenvalue weighted by molar-refractivity contribution is -0.122. The normalized spacial score (nSPS) is 32.0. The van der Waals surface area contributed by atoms with Crippen LogP contribution in [0, 0.1) is 29.1 Å². The summed E-state index contributed by atoms with van der Waals surface area (Å²) >= 11 is 6.37. The van der Waals surface area contributed by atoms with Crippen LogP contribution < -0.4 is 16.2 Å². The van der Waals surface area contributed by atoms with E-state index in [0.717, 1.165) is 11.1 Å². The van der Waals surface area contributed by atoms with Crippen molar-refractivity contribution in [2.24, 2.45) is 34.1 Å². The molecule has 0 radical (unpaired) electrons. The third-order valence-corrected chi connectivity index (χ3v) is 10.2. The second-order valence-corrected chi connectivity index (χ2v) is 13.3. The number of carbonyl (C=O) groups is 1. The number of hydrogen-bond acceptors (Lipinski definition) is 7. The van der Waals surface area contributed by atoms with Crippen LogP contribution in [0.25, 0.3) is 0 Å². The maximum atomic E-state index is 12.8. The van der Waals surface area contributed by atoms with Gasteiger partial charge < -0.3 is 10.6 Å². The van der Waals surface area contributed by atoms with Crippen LogP contribution in [0.15, 0.2) is 16.0 Å². The van der Waals surface area contributed by atoms with Crippen molar-refractivity contribution in [3.63, 3.8) is 0 Å². The first-order chi connectivity index (χ1) is 15.9. The topological polar surface area (TPSA) is 123 Å². The van der Waals surface area contributed by atoms with Crippen LogP contribution in [0.4, 0.5) is 5.69 Å². The van der Waals surface area contributed by atoms with Crippen LogP contribution in [-0.4, -0.2) is 61.0 Å². The molecule has 3 fully saturated rings. The Morgan fingerprint density at radius 3 is 2.71 bits per heavy atom. The molecule has 1 aromatic heterocycles. The number of anilines is 1. The molecule has 6 atom stereocenters. The van der Waals surface area contributed by atoms with Crippen molar-refractivity contribution in [1.29, 1.82) is 0 Å². The Labute approximate surface area is 205 Å². The molecule has 2 unspecified atom stereocenters. The van der Waals surface area contributed by atoms with E-state index in [0.29, 0.717) is 41.8 Å². The van der Waals surface area contributed by atoms with Crippen molar-refractivity contribution in [3.05, 3.63) is 21.6 Å². The number of halogens is 1. The molecule has 2 heterocycles. The number of carbonyl (C=O) groups excluding carboxylic acids is 1. The van der Waals surface area contributed by atoms with Crippen LogP contribution in [0.1, 0.15) is 40.0 Å². The van der Waals surface area contributed by atoms with E-state index in [4.69, 9.17) is 11.6 Å². The largest absolute Gasteiger partial charge is 0.379 e. The third-order valence-electron chi connectivity index (χ3n) is 8.38. The molecule has 34 heavy (non-hydrogen) atoms. The van der Waals surface area contributed by atoms with Crippen molar-refractivity contribution in [2.45, 2.75) is 57.9 Å². The van der Waals surface area contributed by atoms with Gasteiger partial charge in [-0.25, -0.2) is 13.1 Å². The number of aromatic nitrogens is 2. The molecule has 9 nitrogen and oxygen atoms in total. The van der Waals surface area contributed by atoms with Crippen LogP contribution in [0.3, 0.4) is 0 Å².